The Hall–Kier alpha value is -3.43. The lowest BCUT2D eigenvalue weighted by Gasteiger charge is -2.08. The highest BCUT2D eigenvalue weighted by atomic mass is 32.2. The second-order valence-electron chi connectivity index (χ2n) is 7.96. The average molecular weight is 579 g/mol. The number of hydrogen-bond donors (Lipinski definition) is 2. The van der Waals surface area contributed by atoms with Crippen molar-refractivity contribution in [1.29, 1.82) is 0 Å². The number of amides is 1. The summed E-state index contributed by atoms with van der Waals surface area (Å²) in [5.74, 6) is -1.14. The van der Waals surface area contributed by atoms with E-state index in [0.29, 0.717) is 34.8 Å². The van der Waals surface area contributed by atoms with Crippen LogP contribution in [0.15, 0.2) is 81.5 Å². The van der Waals surface area contributed by atoms with Crippen LogP contribution in [0.4, 0.5) is 10.1 Å². The quantitative estimate of drug-likeness (QED) is 0.292. The van der Waals surface area contributed by atoms with Crippen LogP contribution in [0.25, 0.3) is 10.2 Å². The number of nitrogens with one attached hydrogen (secondary N) is 1. The van der Waals surface area contributed by atoms with Crippen molar-refractivity contribution in [3.63, 3.8) is 0 Å². The van der Waals surface area contributed by atoms with Gasteiger partial charge in [0.1, 0.15) is 5.82 Å². The third kappa shape index (κ3) is 6.34. The zero-order valence-corrected chi connectivity index (χ0v) is 22.4. The number of ether oxygens (including phenoxy) is 1. The van der Waals surface area contributed by atoms with Crippen LogP contribution >= 0.6 is 11.3 Å². The molecule has 0 aliphatic rings. The van der Waals surface area contributed by atoms with Crippen LogP contribution in [0.2, 0.25) is 0 Å². The molecule has 0 bridgehead atoms. The molecular formula is C24H23FN4O6S3. The van der Waals surface area contributed by atoms with Gasteiger partial charge in [0, 0.05) is 24.4 Å². The van der Waals surface area contributed by atoms with Gasteiger partial charge in [-0.2, -0.15) is 4.99 Å². The monoisotopic (exact) mass is 578 g/mol. The van der Waals surface area contributed by atoms with Crippen molar-refractivity contribution < 1.29 is 30.8 Å². The number of benzene rings is 3. The molecule has 4 rings (SSSR count). The molecule has 0 radical (unpaired) electrons. The van der Waals surface area contributed by atoms with Crippen molar-refractivity contribution in [3.8, 4) is 0 Å². The van der Waals surface area contributed by atoms with Gasteiger partial charge in [0.2, 0.25) is 10.0 Å². The first-order valence-corrected chi connectivity index (χ1v) is 15.0. The van der Waals surface area contributed by atoms with Crippen molar-refractivity contribution in [2.45, 2.75) is 23.3 Å². The molecule has 3 N–H and O–H groups in total. The summed E-state index contributed by atoms with van der Waals surface area (Å²) in [5.41, 5.74) is 1.07. The summed E-state index contributed by atoms with van der Waals surface area (Å²) < 4.78 is 71.8. The lowest BCUT2D eigenvalue weighted by atomic mass is 10.2. The second kappa shape index (κ2) is 11.1. The fourth-order valence-electron chi connectivity index (χ4n) is 3.49. The molecule has 3 aromatic carbocycles. The molecule has 200 valence electrons. The van der Waals surface area contributed by atoms with Crippen molar-refractivity contribution in [2.75, 3.05) is 17.9 Å². The molecular weight excluding hydrogens is 555 g/mol. The van der Waals surface area contributed by atoms with Gasteiger partial charge in [0.15, 0.2) is 4.80 Å². The maximum Gasteiger partial charge on any atom is 0.279 e. The first kappa shape index (κ1) is 27.6. The van der Waals surface area contributed by atoms with E-state index in [-0.39, 0.29) is 21.0 Å². The lowest BCUT2D eigenvalue weighted by Crippen LogP contribution is -2.20. The molecule has 0 fully saturated rings. The predicted molar refractivity (Wildman–Crippen MR) is 141 cm³/mol. The summed E-state index contributed by atoms with van der Waals surface area (Å²) in [4.78, 5) is 17.3. The van der Waals surface area contributed by atoms with E-state index in [2.05, 4.69) is 9.71 Å². The number of fused-ring (bicyclic) bond motifs is 1. The molecule has 1 heterocycles. The van der Waals surface area contributed by atoms with Gasteiger partial charge in [-0.3, -0.25) is 9.52 Å². The molecule has 0 aliphatic heterocycles. The second-order valence-corrected chi connectivity index (χ2v) is 12.2. The van der Waals surface area contributed by atoms with Gasteiger partial charge in [-0.25, -0.2) is 26.4 Å². The van der Waals surface area contributed by atoms with Gasteiger partial charge in [-0.05, 0) is 73.7 Å². The Labute approximate surface area is 222 Å². The summed E-state index contributed by atoms with van der Waals surface area (Å²) in [6.45, 7) is 3.08. The van der Waals surface area contributed by atoms with E-state index < -0.39 is 31.8 Å². The number of rotatable bonds is 9. The lowest BCUT2D eigenvalue weighted by molar-refractivity contribution is 0.0996. The Morgan fingerprint density at radius 2 is 1.68 bits per heavy atom. The third-order valence-corrected chi connectivity index (χ3v) is 8.70. The molecule has 1 amide bonds. The Bertz CT molecular complexity index is 1760. The van der Waals surface area contributed by atoms with Crippen LogP contribution in [0.5, 0.6) is 0 Å². The molecule has 0 spiro atoms. The minimum atomic E-state index is -3.95. The van der Waals surface area contributed by atoms with Crippen LogP contribution in [0, 0.1) is 5.82 Å². The molecule has 38 heavy (non-hydrogen) atoms. The molecule has 0 saturated heterocycles. The van der Waals surface area contributed by atoms with E-state index in [1.54, 1.807) is 10.6 Å². The van der Waals surface area contributed by atoms with Gasteiger partial charge >= 0.3 is 0 Å². The van der Waals surface area contributed by atoms with Crippen LogP contribution in [0.1, 0.15) is 17.3 Å². The topological polar surface area (TPSA) is 150 Å². The molecule has 0 unspecified atom stereocenters. The minimum Gasteiger partial charge on any atom is -0.380 e. The van der Waals surface area contributed by atoms with Crippen molar-refractivity contribution in [1.82, 2.24) is 4.57 Å². The number of carbonyl (C=O) groups excluding carboxylic acids is 1. The number of primary sulfonamides is 1. The molecule has 0 atom stereocenters. The number of hydrogen-bond acceptors (Lipinski definition) is 7. The zero-order valence-electron chi connectivity index (χ0n) is 20.0. The van der Waals surface area contributed by atoms with E-state index in [9.17, 15) is 26.0 Å². The number of anilines is 1. The van der Waals surface area contributed by atoms with Crippen LogP contribution in [-0.2, 0) is 31.3 Å². The van der Waals surface area contributed by atoms with Crippen LogP contribution in [0.3, 0.4) is 0 Å². The largest absolute Gasteiger partial charge is 0.380 e. The van der Waals surface area contributed by atoms with Crippen LogP contribution < -0.4 is 14.7 Å². The van der Waals surface area contributed by atoms with Crippen molar-refractivity contribution >= 4 is 53.2 Å². The summed E-state index contributed by atoms with van der Waals surface area (Å²) >= 11 is 1.13. The SMILES string of the molecule is CCOCCn1c(=NC(=O)c2ccc(NS(=O)(=O)c3ccc(F)cc3)cc2)sc2cc(S(N)(=O)=O)ccc21. The van der Waals surface area contributed by atoms with Crippen molar-refractivity contribution in [3.05, 3.63) is 82.9 Å². The third-order valence-electron chi connectivity index (χ3n) is 5.35. The Morgan fingerprint density at radius 1 is 1.03 bits per heavy atom. The highest BCUT2D eigenvalue weighted by Gasteiger charge is 2.16. The Kier molecular flexibility index (Phi) is 8.08. The molecule has 0 saturated carbocycles. The fraction of sp³-hybridized carbons (Fsp3) is 0.167. The number of sulfonamides is 2. The van der Waals surface area contributed by atoms with E-state index in [0.717, 1.165) is 35.6 Å². The minimum absolute atomic E-state index is 0.0558. The van der Waals surface area contributed by atoms with Crippen molar-refractivity contribution in [2.24, 2.45) is 10.1 Å². The summed E-state index contributed by atoms with van der Waals surface area (Å²) in [5, 5.41) is 5.25. The molecule has 0 aliphatic carbocycles. The van der Waals surface area contributed by atoms with Crippen LogP contribution in [-0.4, -0.2) is 40.5 Å². The first-order chi connectivity index (χ1) is 18.0. The number of nitrogens with zero attached hydrogens (tertiary/aromatic N) is 2. The maximum absolute atomic E-state index is 13.1. The average Bonchev–Trinajstić information content (AvgIpc) is 3.20. The van der Waals surface area contributed by atoms with E-state index in [1.807, 2.05) is 6.92 Å². The van der Waals surface area contributed by atoms with Gasteiger partial charge in [0.05, 0.1) is 26.6 Å². The molecule has 14 heteroatoms. The van der Waals surface area contributed by atoms with E-state index >= 15 is 0 Å². The predicted octanol–water partition coefficient (Wildman–Crippen LogP) is 3.07. The number of carbonyl (C=O) groups is 1. The number of halogens is 1. The van der Waals surface area contributed by atoms with E-state index in [1.165, 1.54) is 36.4 Å². The van der Waals surface area contributed by atoms with Gasteiger partial charge in [0.25, 0.3) is 15.9 Å². The zero-order chi connectivity index (χ0) is 27.5. The standard InChI is InChI=1S/C24H23FN4O6S3/c1-2-35-14-13-29-21-12-11-20(37(26,31)32)15-22(21)36-24(29)27-23(30)16-3-7-18(8-4-16)28-38(33,34)19-9-5-17(25)6-10-19/h3-12,15,28H,2,13-14H2,1H3,(H2,26,31,32). The summed E-state index contributed by atoms with van der Waals surface area (Å²) in [6.07, 6.45) is 0. The summed E-state index contributed by atoms with van der Waals surface area (Å²) in [7, 11) is -7.86. The van der Waals surface area contributed by atoms with Gasteiger partial charge in [-0.1, -0.05) is 11.3 Å². The summed E-state index contributed by atoms with van der Waals surface area (Å²) in [6, 6.07) is 14.5. The number of aromatic nitrogens is 1. The van der Waals surface area contributed by atoms with Gasteiger partial charge in [-0.15, -0.1) is 0 Å². The maximum atomic E-state index is 13.1. The number of thiazole rings is 1. The normalized spacial score (nSPS) is 12.7. The fourth-order valence-corrected chi connectivity index (χ4v) is 6.26. The molecule has 10 nitrogen and oxygen atoms in total. The highest BCUT2D eigenvalue weighted by Crippen LogP contribution is 2.22. The number of nitrogens with two attached hydrogens (primary N) is 1. The van der Waals surface area contributed by atoms with E-state index in [4.69, 9.17) is 9.88 Å². The molecule has 1 aromatic heterocycles. The molecule has 4 aromatic rings. The van der Waals surface area contributed by atoms with Gasteiger partial charge < -0.3 is 9.30 Å². The Balaban J connectivity index is 1.63. The highest BCUT2D eigenvalue weighted by molar-refractivity contribution is 7.92. The Morgan fingerprint density at radius 3 is 2.32 bits per heavy atom. The first-order valence-electron chi connectivity index (χ1n) is 11.2. The smallest absolute Gasteiger partial charge is 0.279 e.